The number of urea groups is 1. The van der Waals surface area contributed by atoms with Gasteiger partial charge in [0, 0.05) is 30.8 Å². The molecule has 0 bridgehead atoms. The van der Waals surface area contributed by atoms with Crippen LogP contribution in [0.5, 0.6) is 0 Å². The minimum Gasteiger partial charge on any atom is -0.367 e. The maximum Gasteiger partial charge on any atom is 0.335 e. The van der Waals surface area contributed by atoms with Gasteiger partial charge < -0.3 is 4.90 Å². The van der Waals surface area contributed by atoms with E-state index in [1.807, 2.05) is 4.90 Å². The summed E-state index contributed by atoms with van der Waals surface area (Å²) in [6.07, 6.45) is 1.40. The Morgan fingerprint density at radius 3 is 2.60 bits per heavy atom. The second-order valence-electron chi connectivity index (χ2n) is 7.81. The molecule has 0 aliphatic carbocycles. The fourth-order valence-electron chi connectivity index (χ4n) is 5.01. The number of hydrogen-bond donors (Lipinski definition) is 1. The predicted molar refractivity (Wildman–Crippen MR) is 107 cm³/mol. The topological polar surface area (TPSA) is 113 Å². The van der Waals surface area contributed by atoms with E-state index in [0.717, 1.165) is 17.0 Å². The monoisotopic (exact) mass is 406 g/mol. The third-order valence-corrected chi connectivity index (χ3v) is 6.30. The van der Waals surface area contributed by atoms with Gasteiger partial charge in [0.15, 0.2) is 5.41 Å². The van der Waals surface area contributed by atoms with Crippen LogP contribution in [-0.4, -0.2) is 35.4 Å². The number of barbiturate groups is 1. The molecule has 0 aromatic heterocycles. The molecule has 3 aliphatic heterocycles. The van der Waals surface area contributed by atoms with Gasteiger partial charge in [-0.05, 0) is 36.6 Å². The zero-order chi connectivity index (χ0) is 21.0. The van der Waals surface area contributed by atoms with E-state index in [-0.39, 0.29) is 12.1 Å². The molecule has 3 heterocycles. The molecule has 0 unspecified atom stereocenters. The number of fused-ring (bicyclic) bond motifs is 4. The van der Waals surface area contributed by atoms with E-state index in [2.05, 4.69) is 5.32 Å². The number of nitro groups is 1. The number of hydrogen-bond acceptors (Lipinski definition) is 6. The molecule has 3 aliphatic rings. The quantitative estimate of drug-likeness (QED) is 0.465. The lowest BCUT2D eigenvalue weighted by Gasteiger charge is -2.49. The summed E-state index contributed by atoms with van der Waals surface area (Å²) in [6, 6.07) is 11.8. The van der Waals surface area contributed by atoms with Crippen molar-refractivity contribution in [1.82, 2.24) is 5.32 Å². The second kappa shape index (κ2) is 6.38. The Hall–Kier alpha value is -3.75. The van der Waals surface area contributed by atoms with Crippen LogP contribution in [0.1, 0.15) is 18.4 Å². The van der Waals surface area contributed by atoms with Crippen LogP contribution in [0.2, 0.25) is 0 Å². The fourth-order valence-corrected chi connectivity index (χ4v) is 5.01. The number of para-hydroxylation sites is 1. The first-order chi connectivity index (χ1) is 14.4. The standard InChI is InChI=1S/C21H18N4O5/c26-18-21(19(27)24(20(28)22-18)14-5-2-1-3-6-14)12-13-11-15(25(29)30)8-9-16(13)23-10-4-7-17(21)23/h1-3,5-6,8-9,11,17H,4,7,10,12H2,(H,22,26,28)/t17-,21+/m1/s1. The molecular formula is C21H18N4O5. The largest absolute Gasteiger partial charge is 0.367 e. The average Bonchev–Trinajstić information content (AvgIpc) is 3.23. The number of rotatable bonds is 2. The van der Waals surface area contributed by atoms with Crippen molar-refractivity contribution in [2.24, 2.45) is 5.41 Å². The van der Waals surface area contributed by atoms with Crippen LogP contribution >= 0.6 is 0 Å². The molecule has 2 fully saturated rings. The van der Waals surface area contributed by atoms with Crippen molar-refractivity contribution in [3.63, 3.8) is 0 Å². The number of carbonyl (C=O) groups is 3. The van der Waals surface area contributed by atoms with Crippen LogP contribution in [0.25, 0.3) is 0 Å². The van der Waals surface area contributed by atoms with Crippen LogP contribution in [-0.2, 0) is 16.0 Å². The number of benzene rings is 2. The van der Waals surface area contributed by atoms with Crippen molar-refractivity contribution in [2.75, 3.05) is 16.3 Å². The molecule has 2 aromatic rings. The van der Waals surface area contributed by atoms with Crippen molar-refractivity contribution >= 4 is 34.9 Å². The van der Waals surface area contributed by atoms with Gasteiger partial charge in [-0.3, -0.25) is 25.0 Å². The molecule has 2 atom stereocenters. The van der Waals surface area contributed by atoms with Gasteiger partial charge >= 0.3 is 6.03 Å². The van der Waals surface area contributed by atoms with Crippen LogP contribution in [0, 0.1) is 15.5 Å². The van der Waals surface area contributed by atoms with E-state index in [1.54, 1.807) is 36.4 Å². The van der Waals surface area contributed by atoms with Crippen LogP contribution in [0.3, 0.4) is 0 Å². The van der Waals surface area contributed by atoms with E-state index in [9.17, 15) is 24.5 Å². The van der Waals surface area contributed by atoms with E-state index in [1.165, 1.54) is 12.1 Å². The number of non-ortho nitro benzene ring substituents is 1. The van der Waals surface area contributed by atoms with Gasteiger partial charge in [-0.25, -0.2) is 9.69 Å². The number of nitro benzene ring substituents is 1. The van der Waals surface area contributed by atoms with Crippen LogP contribution < -0.4 is 15.1 Å². The molecule has 0 saturated carbocycles. The first-order valence-corrected chi connectivity index (χ1v) is 9.72. The maximum atomic E-state index is 13.8. The number of carbonyl (C=O) groups excluding carboxylic acids is 3. The van der Waals surface area contributed by atoms with Gasteiger partial charge in [0.25, 0.3) is 11.6 Å². The fraction of sp³-hybridized carbons (Fsp3) is 0.286. The Bertz CT molecular complexity index is 1100. The smallest absolute Gasteiger partial charge is 0.335 e. The summed E-state index contributed by atoms with van der Waals surface area (Å²) in [5, 5.41) is 13.7. The summed E-state index contributed by atoms with van der Waals surface area (Å²) in [4.78, 5) is 53.4. The van der Waals surface area contributed by atoms with Gasteiger partial charge in [0.2, 0.25) is 5.91 Å². The SMILES string of the molecule is O=C1NC(=O)[C@@]2(Cc3cc([N+](=O)[O-])ccc3N3CCC[C@@H]32)C(=O)N1c1ccccc1. The predicted octanol–water partition coefficient (Wildman–Crippen LogP) is 2.39. The third-order valence-electron chi connectivity index (χ3n) is 6.30. The summed E-state index contributed by atoms with van der Waals surface area (Å²) in [5.41, 5.74) is 0.121. The zero-order valence-electron chi connectivity index (χ0n) is 15.9. The zero-order valence-corrected chi connectivity index (χ0v) is 15.9. The van der Waals surface area contributed by atoms with Crippen LogP contribution in [0.4, 0.5) is 21.9 Å². The highest BCUT2D eigenvalue weighted by Gasteiger charge is 2.63. The molecule has 9 heteroatoms. The maximum absolute atomic E-state index is 13.8. The number of imide groups is 2. The van der Waals surface area contributed by atoms with Gasteiger partial charge in [-0.2, -0.15) is 0 Å². The summed E-state index contributed by atoms with van der Waals surface area (Å²) >= 11 is 0. The van der Waals surface area contributed by atoms with Gasteiger partial charge in [-0.1, -0.05) is 18.2 Å². The second-order valence-corrected chi connectivity index (χ2v) is 7.81. The Balaban J connectivity index is 1.67. The highest BCUT2D eigenvalue weighted by atomic mass is 16.6. The Kier molecular flexibility index (Phi) is 3.89. The molecule has 2 aromatic carbocycles. The van der Waals surface area contributed by atoms with E-state index in [0.29, 0.717) is 24.2 Å². The van der Waals surface area contributed by atoms with E-state index >= 15 is 0 Å². The molecule has 5 rings (SSSR count). The van der Waals surface area contributed by atoms with E-state index < -0.39 is 34.2 Å². The lowest BCUT2D eigenvalue weighted by molar-refractivity contribution is -0.384. The molecule has 2 saturated heterocycles. The van der Waals surface area contributed by atoms with E-state index in [4.69, 9.17) is 0 Å². The number of anilines is 2. The number of nitrogens with one attached hydrogen (secondary N) is 1. The van der Waals surface area contributed by atoms with Crippen LogP contribution in [0.15, 0.2) is 48.5 Å². The molecule has 1 N–H and O–H groups in total. The Morgan fingerprint density at radius 1 is 1.10 bits per heavy atom. The van der Waals surface area contributed by atoms with Crippen molar-refractivity contribution in [3.8, 4) is 0 Å². The molecule has 152 valence electrons. The summed E-state index contributed by atoms with van der Waals surface area (Å²) < 4.78 is 0. The Morgan fingerprint density at radius 2 is 1.87 bits per heavy atom. The minimum atomic E-state index is -1.53. The summed E-state index contributed by atoms with van der Waals surface area (Å²) in [7, 11) is 0. The van der Waals surface area contributed by atoms with Crippen molar-refractivity contribution < 1.29 is 19.3 Å². The molecule has 30 heavy (non-hydrogen) atoms. The van der Waals surface area contributed by atoms with Gasteiger partial charge in [-0.15, -0.1) is 0 Å². The first kappa shape index (κ1) is 18.3. The van der Waals surface area contributed by atoms with Gasteiger partial charge in [0.1, 0.15) is 0 Å². The van der Waals surface area contributed by atoms with Crippen molar-refractivity contribution in [3.05, 3.63) is 64.2 Å². The van der Waals surface area contributed by atoms with Crippen molar-refractivity contribution in [1.29, 1.82) is 0 Å². The normalized spacial score (nSPS) is 25.2. The summed E-state index contributed by atoms with van der Waals surface area (Å²) in [6.45, 7) is 0.636. The first-order valence-electron chi connectivity index (χ1n) is 9.72. The highest BCUT2D eigenvalue weighted by Crippen LogP contribution is 2.49. The molecule has 9 nitrogen and oxygen atoms in total. The third kappa shape index (κ3) is 2.38. The molecule has 0 radical (unpaired) electrons. The van der Waals surface area contributed by atoms with Crippen molar-refractivity contribution in [2.45, 2.75) is 25.3 Å². The number of nitrogens with zero attached hydrogens (tertiary/aromatic N) is 3. The average molecular weight is 406 g/mol. The van der Waals surface area contributed by atoms with Gasteiger partial charge in [0.05, 0.1) is 16.7 Å². The highest BCUT2D eigenvalue weighted by molar-refractivity contribution is 6.30. The molecule has 1 spiro atoms. The lowest BCUT2D eigenvalue weighted by atomic mass is 9.68. The minimum absolute atomic E-state index is 0.00641. The summed E-state index contributed by atoms with van der Waals surface area (Å²) in [5.74, 6) is -1.23. The molecular weight excluding hydrogens is 388 g/mol. The molecule has 4 amide bonds. The Labute approximate surface area is 171 Å². The lowest BCUT2D eigenvalue weighted by Crippen LogP contribution is -2.71. The number of amides is 4.